The van der Waals surface area contributed by atoms with E-state index in [-0.39, 0.29) is 0 Å². The van der Waals surface area contributed by atoms with Crippen LogP contribution in [-0.2, 0) is 0 Å². The van der Waals surface area contributed by atoms with Gasteiger partial charge in [0.05, 0.1) is 6.20 Å². The van der Waals surface area contributed by atoms with Gasteiger partial charge in [0.1, 0.15) is 5.02 Å². The van der Waals surface area contributed by atoms with Gasteiger partial charge in [-0.05, 0) is 25.8 Å². The van der Waals surface area contributed by atoms with Crippen molar-refractivity contribution >= 4 is 23.4 Å². The zero-order valence-corrected chi connectivity index (χ0v) is 12.7. The lowest BCUT2D eigenvalue weighted by Gasteiger charge is -2.38. The van der Waals surface area contributed by atoms with E-state index >= 15 is 0 Å². The van der Waals surface area contributed by atoms with E-state index in [2.05, 4.69) is 32.0 Å². The van der Waals surface area contributed by atoms with Gasteiger partial charge in [-0.3, -0.25) is 4.90 Å². The Bertz CT molecular complexity index is 467. The van der Waals surface area contributed by atoms with Crippen LogP contribution in [0, 0.1) is 0 Å². The molecule has 5 nitrogen and oxygen atoms in total. The first-order valence-corrected chi connectivity index (χ1v) is 7.91. The number of nitrogens with zero attached hydrogens (tertiary/aromatic N) is 4. The molecular formula is C14H22ClN5. The van der Waals surface area contributed by atoms with E-state index in [1.165, 1.54) is 19.4 Å². The lowest BCUT2D eigenvalue weighted by atomic mass is 10.1. The van der Waals surface area contributed by atoms with Crippen LogP contribution in [0.1, 0.15) is 26.2 Å². The van der Waals surface area contributed by atoms with Crippen molar-refractivity contribution < 1.29 is 0 Å². The molecule has 1 atom stereocenters. The van der Waals surface area contributed by atoms with Gasteiger partial charge in [-0.2, -0.15) is 4.98 Å². The highest BCUT2D eigenvalue weighted by Gasteiger charge is 2.31. The zero-order valence-electron chi connectivity index (χ0n) is 12.0. The highest BCUT2D eigenvalue weighted by molar-refractivity contribution is 6.32. The van der Waals surface area contributed by atoms with Crippen molar-refractivity contribution in [2.45, 2.75) is 32.2 Å². The molecule has 3 heterocycles. The fraction of sp³-hybridized carbons (Fsp3) is 0.714. The van der Waals surface area contributed by atoms with E-state index < -0.39 is 0 Å². The monoisotopic (exact) mass is 295 g/mol. The number of fused-ring (bicyclic) bond motifs is 1. The van der Waals surface area contributed by atoms with E-state index in [4.69, 9.17) is 11.6 Å². The standard InChI is InChI=1S/C14H22ClN5/c1-2-5-16-14-17-9-12(15)13(18-14)20-8-7-19-6-3-4-11(19)10-20/h9,11H,2-8,10H2,1H3,(H,16,17,18). The summed E-state index contributed by atoms with van der Waals surface area (Å²) in [6.07, 6.45) is 5.38. The predicted octanol–water partition coefficient (Wildman–Crippen LogP) is 2.24. The lowest BCUT2D eigenvalue weighted by Crippen LogP contribution is -2.50. The molecule has 1 unspecified atom stereocenters. The number of anilines is 2. The molecule has 0 aliphatic carbocycles. The quantitative estimate of drug-likeness (QED) is 0.923. The SMILES string of the molecule is CCCNc1ncc(Cl)c(N2CCN3CCCC3C2)n1. The van der Waals surface area contributed by atoms with Crippen LogP contribution in [0.15, 0.2) is 6.20 Å². The number of aromatic nitrogens is 2. The molecule has 2 fully saturated rings. The first-order valence-electron chi connectivity index (χ1n) is 7.53. The van der Waals surface area contributed by atoms with Crippen molar-refractivity contribution in [1.82, 2.24) is 14.9 Å². The van der Waals surface area contributed by atoms with E-state index in [0.29, 0.717) is 17.0 Å². The van der Waals surface area contributed by atoms with Crippen molar-refractivity contribution in [3.63, 3.8) is 0 Å². The summed E-state index contributed by atoms with van der Waals surface area (Å²) in [7, 11) is 0. The third-order valence-electron chi connectivity index (χ3n) is 4.15. The highest BCUT2D eigenvalue weighted by Crippen LogP contribution is 2.29. The van der Waals surface area contributed by atoms with E-state index in [1.807, 2.05) is 0 Å². The number of hydrogen-bond acceptors (Lipinski definition) is 5. The largest absolute Gasteiger partial charge is 0.354 e. The molecule has 1 aromatic rings. The average Bonchev–Trinajstić information content (AvgIpc) is 2.93. The van der Waals surface area contributed by atoms with Crippen LogP contribution in [0.25, 0.3) is 0 Å². The molecule has 3 rings (SSSR count). The Kier molecular flexibility index (Phi) is 4.27. The molecule has 0 spiro atoms. The maximum absolute atomic E-state index is 6.30. The summed E-state index contributed by atoms with van der Waals surface area (Å²) in [5.74, 6) is 1.56. The molecule has 1 N–H and O–H groups in total. The van der Waals surface area contributed by atoms with Crippen LogP contribution in [0.3, 0.4) is 0 Å². The van der Waals surface area contributed by atoms with Gasteiger partial charge in [0, 0.05) is 32.2 Å². The van der Waals surface area contributed by atoms with Gasteiger partial charge in [-0.25, -0.2) is 4.98 Å². The van der Waals surface area contributed by atoms with Crippen LogP contribution < -0.4 is 10.2 Å². The maximum Gasteiger partial charge on any atom is 0.224 e. The second-order valence-electron chi connectivity index (χ2n) is 5.57. The van der Waals surface area contributed by atoms with E-state index in [9.17, 15) is 0 Å². The molecule has 20 heavy (non-hydrogen) atoms. The third kappa shape index (κ3) is 2.83. The Morgan fingerprint density at radius 2 is 2.30 bits per heavy atom. The molecule has 0 bridgehead atoms. The van der Waals surface area contributed by atoms with Gasteiger partial charge < -0.3 is 10.2 Å². The molecule has 0 radical (unpaired) electrons. The Morgan fingerprint density at radius 1 is 1.40 bits per heavy atom. The van der Waals surface area contributed by atoms with Crippen molar-refractivity contribution in [1.29, 1.82) is 0 Å². The highest BCUT2D eigenvalue weighted by atomic mass is 35.5. The van der Waals surface area contributed by atoms with Crippen molar-refractivity contribution in [3.8, 4) is 0 Å². The fourth-order valence-corrected chi connectivity index (χ4v) is 3.30. The van der Waals surface area contributed by atoms with Gasteiger partial charge in [0.25, 0.3) is 0 Å². The predicted molar refractivity (Wildman–Crippen MR) is 82.6 cm³/mol. The van der Waals surface area contributed by atoms with Gasteiger partial charge in [-0.15, -0.1) is 0 Å². The first-order chi connectivity index (χ1) is 9.78. The second-order valence-corrected chi connectivity index (χ2v) is 5.98. The third-order valence-corrected chi connectivity index (χ3v) is 4.41. The molecule has 0 aromatic carbocycles. The minimum absolute atomic E-state index is 0.651. The molecule has 6 heteroatoms. The summed E-state index contributed by atoms with van der Waals surface area (Å²) in [5.41, 5.74) is 0. The van der Waals surface area contributed by atoms with Crippen LogP contribution in [0.2, 0.25) is 5.02 Å². The van der Waals surface area contributed by atoms with Crippen LogP contribution in [0.4, 0.5) is 11.8 Å². The Labute approximate surface area is 125 Å². The number of halogens is 1. The summed E-state index contributed by atoms with van der Waals surface area (Å²) < 4.78 is 0. The molecular weight excluding hydrogens is 274 g/mol. The molecule has 0 amide bonds. The summed E-state index contributed by atoms with van der Waals surface area (Å²) in [6, 6.07) is 0.668. The van der Waals surface area contributed by atoms with Crippen LogP contribution in [-0.4, -0.2) is 53.6 Å². The molecule has 2 aliphatic heterocycles. The number of rotatable bonds is 4. The molecule has 2 saturated heterocycles. The number of hydrogen-bond donors (Lipinski definition) is 1. The average molecular weight is 296 g/mol. The molecule has 1 aromatic heterocycles. The minimum atomic E-state index is 0.651. The Balaban J connectivity index is 1.75. The summed E-state index contributed by atoms with van der Waals surface area (Å²) in [4.78, 5) is 13.7. The summed E-state index contributed by atoms with van der Waals surface area (Å²) in [6.45, 7) is 7.41. The van der Waals surface area contributed by atoms with Crippen LogP contribution >= 0.6 is 11.6 Å². The topological polar surface area (TPSA) is 44.3 Å². The van der Waals surface area contributed by atoms with Crippen molar-refractivity contribution in [2.75, 3.05) is 42.9 Å². The van der Waals surface area contributed by atoms with Crippen molar-refractivity contribution in [3.05, 3.63) is 11.2 Å². The fourth-order valence-electron chi connectivity index (χ4n) is 3.09. The second kappa shape index (κ2) is 6.14. The molecule has 0 saturated carbocycles. The molecule has 110 valence electrons. The lowest BCUT2D eigenvalue weighted by molar-refractivity contribution is 0.230. The van der Waals surface area contributed by atoms with E-state index in [0.717, 1.165) is 38.4 Å². The van der Waals surface area contributed by atoms with E-state index in [1.54, 1.807) is 6.20 Å². The van der Waals surface area contributed by atoms with Crippen LogP contribution in [0.5, 0.6) is 0 Å². The normalized spacial score (nSPS) is 22.9. The minimum Gasteiger partial charge on any atom is -0.354 e. The smallest absolute Gasteiger partial charge is 0.224 e. The van der Waals surface area contributed by atoms with Crippen molar-refractivity contribution in [2.24, 2.45) is 0 Å². The number of nitrogens with one attached hydrogen (secondary N) is 1. The van der Waals surface area contributed by atoms with Gasteiger partial charge in [0.2, 0.25) is 5.95 Å². The summed E-state index contributed by atoms with van der Waals surface area (Å²) in [5, 5.41) is 3.88. The number of piperazine rings is 1. The van der Waals surface area contributed by atoms with Gasteiger partial charge in [0.15, 0.2) is 5.82 Å². The van der Waals surface area contributed by atoms with Gasteiger partial charge >= 0.3 is 0 Å². The zero-order chi connectivity index (χ0) is 13.9. The Hall–Kier alpha value is -1.07. The van der Waals surface area contributed by atoms with Gasteiger partial charge in [-0.1, -0.05) is 18.5 Å². The molecule has 2 aliphatic rings. The summed E-state index contributed by atoms with van der Waals surface area (Å²) >= 11 is 6.30. The maximum atomic E-state index is 6.30. The Morgan fingerprint density at radius 3 is 3.15 bits per heavy atom. The first kappa shape index (κ1) is 13.9.